The minimum atomic E-state index is -1.07. The number of hydrogen-bond acceptors (Lipinski definition) is 3. The van der Waals surface area contributed by atoms with Gasteiger partial charge in [0.15, 0.2) is 0 Å². The maximum absolute atomic E-state index is 12.7. The number of hydrogen-bond donors (Lipinski definition) is 1. The third-order valence-corrected chi connectivity index (χ3v) is 3.20. The van der Waals surface area contributed by atoms with E-state index in [2.05, 4.69) is 6.58 Å². The smallest absolute Gasteiger partial charge is 0.323 e. The highest BCUT2D eigenvalue weighted by atomic mass is 32.2. The van der Waals surface area contributed by atoms with Crippen LogP contribution < -0.4 is 0 Å². The number of nitrogens with zero attached hydrogens (tertiary/aromatic N) is 1. The maximum Gasteiger partial charge on any atom is 0.323 e. The molecule has 0 atom stereocenters. The van der Waals surface area contributed by atoms with E-state index < -0.39 is 5.97 Å². The summed E-state index contributed by atoms with van der Waals surface area (Å²) >= 11 is 1.23. The molecule has 0 unspecified atom stereocenters. The molecule has 102 valence electrons. The van der Waals surface area contributed by atoms with E-state index in [4.69, 9.17) is 5.11 Å². The molecule has 1 amide bonds. The molecule has 0 aliphatic heterocycles. The quantitative estimate of drug-likeness (QED) is 0.614. The van der Waals surface area contributed by atoms with Crippen molar-refractivity contribution >= 4 is 23.6 Å². The van der Waals surface area contributed by atoms with Crippen LogP contribution in [0.1, 0.15) is 0 Å². The predicted molar refractivity (Wildman–Crippen MR) is 71.5 cm³/mol. The lowest BCUT2D eigenvalue weighted by Gasteiger charge is -2.18. The highest BCUT2D eigenvalue weighted by molar-refractivity contribution is 8.00. The Morgan fingerprint density at radius 3 is 2.53 bits per heavy atom. The molecule has 1 rings (SSSR count). The van der Waals surface area contributed by atoms with Crippen LogP contribution in [0, 0.1) is 5.82 Å². The number of thioether (sulfide) groups is 1. The number of carbonyl (C=O) groups is 2. The van der Waals surface area contributed by atoms with E-state index >= 15 is 0 Å². The summed E-state index contributed by atoms with van der Waals surface area (Å²) in [5.74, 6) is -1.60. The lowest BCUT2D eigenvalue weighted by molar-refractivity contribution is -0.143. The molecule has 0 aromatic heterocycles. The third-order valence-electron chi connectivity index (χ3n) is 2.20. The summed E-state index contributed by atoms with van der Waals surface area (Å²) < 4.78 is 12.7. The molecule has 1 aromatic rings. The van der Waals surface area contributed by atoms with Crippen LogP contribution in [0.2, 0.25) is 0 Å². The first-order valence-corrected chi connectivity index (χ1v) is 6.50. The first-order valence-electron chi connectivity index (χ1n) is 5.51. The first-order chi connectivity index (χ1) is 9.02. The van der Waals surface area contributed by atoms with Crippen molar-refractivity contribution in [3.8, 4) is 0 Å². The van der Waals surface area contributed by atoms with Crippen molar-refractivity contribution in [1.82, 2.24) is 4.90 Å². The molecular formula is C13H14FNO3S. The largest absolute Gasteiger partial charge is 0.480 e. The van der Waals surface area contributed by atoms with Crippen molar-refractivity contribution in [2.45, 2.75) is 4.90 Å². The molecule has 0 saturated carbocycles. The zero-order valence-electron chi connectivity index (χ0n) is 10.2. The SMILES string of the molecule is C=CCN(CC(=O)O)C(=O)CSc1ccc(F)cc1. The van der Waals surface area contributed by atoms with Crippen molar-refractivity contribution in [1.29, 1.82) is 0 Å². The van der Waals surface area contributed by atoms with Gasteiger partial charge in [-0.3, -0.25) is 9.59 Å². The van der Waals surface area contributed by atoms with E-state index in [1.807, 2.05) is 0 Å². The summed E-state index contributed by atoms with van der Waals surface area (Å²) in [5.41, 5.74) is 0. The summed E-state index contributed by atoms with van der Waals surface area (Å²) in [6.07, 6.45) is 1.48. The number of carboxylic acids is 1. The van der Waals surface area contributed by atoms with Crippen LogP contribution in [-0.2, 0) is 9.59 Å². The van der Waals surface area contributed by atoms with Crippen LogP contribution >= 0.6 is 11.8 Å². The molecule has 0 bridgehead atoms. The van der Waals surface area contributed by atoms with Gasteiger partial charge in [-0.1, -0.05) is 6.08 Å². The zero-order chi connectivity index (χ0) is 14.3. The normalized spacial score (nSPS) is 9.95. The van der Waals surface area contributed by atoms with Gasteiger partial charge in [0.1, 0.15) is 12.4 Å². The van der Waals surface area contributed by atoms with Crippen LogP contribution in [0.15, 0.2) is 41.8 Å². The first kappa shape index (κ1) is 15.2. The van der Waals surface area contributed by atoms with Gasteiger partial charge in [-0.2, -0.15) is 0 Å². The Labute approximate surface area is 114 Å². The molecule has 19 heavy (non-hydrogen) atoms. The number of aliphatic carboxylic acids is 1. The molecule has 1 N–H and O–H groups in total. The summed E-state index contributed by atoms with van der Waals surface area (Å²) in [4.78, 5) is 24.4. The van der Waals surface area contributed by atoms with Crippen molar-refractivity contribution in [2.24, 2.45) is 0 Å². The van der Waals surface area contributed by atoms with Gasteiger partial charge >= 0.3 is 5.97 Å². The van der Waals surface area contributed by atoms with Gasteiger partial charge in [0.25, 0.3) is 0 Å². The number of amides is 1. The van der Waals surface area contributed by atoms with E-state index in [9.17, 15) is 14.0 Å². The standard InChI is InChI=1S/C13H14FNO3S/c1-2-7-15(8-13(17)18)12(16)9-19-11-5-3-10(14)4-6-11/h2-6H,1,7-9H2,(H,17,18). The van der Waals surface area contributed by atoms with E-state index in [0.29, 0.717) is 0 Å². The molecule has 0 saturated heterocycles. The average Bonchev–Trinajstić information content (AvgIpc) is 2.37. The summed E-state index contributed by atoms with van der Waals surface area (Å²) in [5, 5.41) is 8.70. The van der Waals surface area contributed by atoms with E-state index in [1.54, 1.807) is 12.1 Å². The molecule has 0 aliphatic carbocycles. The van der Waals surface area contributed by atoms with Crippen LogP contribution in [0.25, 0.3) is 0 Å². The number of carbonyl (C=O) groups excluding carboxylic acids is 1. The third kappa shape index (κ3) is 5.56. The Bertz CT molecular complexity index is 461. The minimum absolute atomic E-state index is 0.104. The van der Waals surface area contributed by atoms with E-state index in [-0.39, 0.29) is 30.6 Å². The molecule has 0 heterocycles. The Balaban J connectivity index is 2.54. The van der Waals surface area contributed by atoms with Crippen LogP contribution in [0.5, 0.6) is 0 Å². The van der Waals surface area contributed by atoms with Crippen molar-refractivity contribution in [2.75, 3.05) is 18.8 Å². The second-order valence-corrected chi connectivity index (χ2v) is 4.75. The van der Waals surface area contributed by atoms with Crippen LogP contribution in [-0.4, -0.2) is 40.7 Å². The second-order valence-electron chi connectivity index (χ2n) is 3.70. The molecule has 6 heteroatoms. The lowest BCUT2D eigenvalue weighted by atomic mass is 10.4. The number of benzene rings is 1. The fourth-order valence-electron chi connectivity index (χ4n) is 1.34. The fraction of sp³-hybridized carbons (Fsp3) is 0.231. The number of halogens is 1. The fourth-order valence-corrected chi connectivity index (χ4v) is 2.14. The summed E-state index contributed by atoms with van der Waals surface area (Å²) in [6, 6.07) is 5.77. The molecular weight excluding hydrogens is 269 g/mol. The minimum Gasteiger partial charge on any atom is -0.480 e. The van der Waals surface area contributed by atoms with Gasteiger partial charge in [-0.15, -0.1) is 18.3 Å². The second kappa shape index (κ2) is 7.58. The molecule has 1 aromatic carbocycles. The molecule has 4 nitrogen and oxygen atoms in total. The van der Waals surface area contributed by atoms with Crippen LogP contribution in [0.4, 0.5) is 4.39 Å². The van der Waals surface area contributed by atoms with E-state index in [1.165, 1.54) is 34.9 Å². The Morgan fingerprint density at radius 1 is 1.37 bits per heavy atom. The highest BCUT2D eigenvalue weighted by Gasteiger charge is 2.15. The van der Waals surface area contributed by atoms with Crippen molar-refractivity contribution in [3.05, 3.63) is 42.7 Å². The summed E-state index contributed by atoms with van der Waals surface area (Å²) in [7, 11) is 0. The highest BCUT2D eigenvalue weighted by Crippen LogP contribution is 2.18. The lowest BCUT2D eigenvalue weighted by Crippen LogP contribution is -2.36. The van der Waals surface area contributed by atoms with Crippen LogP contribution in [0.3, 0.4) is 0 Å². The van der Waals surface area contributed by atoms with Gasteiger partial charge in [-0.25, -0.2) is 4.39 Å². The van der Waals surface area contributed by atoms with Crippen molar-refractivity contribution < 1.29 is 19.1 Å². The van der Waals surface area contributed by atoms with E-state index in [0.717, 1.165) is 4.90 Å². The Hall–Kier alpha value is -1.82. The van der Waals surface area contributed by atoms with Gasteiger partial charge in [0.2, 0.25) is 5.91 Å². The Morgan fingerprint density at radius 2 is 2.00 bits per heavy atom. The van der Waals surface area contributed by atoms with Gasteiger partial charge in [0.05, 0.1) is 5.75 Å². The Kier molecular flexibility index (Phi) is 6.08. The maximum atomic E-state index is 12.7. The number of carboxylic acid groups (broad SMARTS) is 1. The molecule has 0 aliphatic rings. The number of rotatable bonds is 7. The predicted octanol–water partition coefficient (Wildman–Crippen LogP) is 2.02. The zero-order valence-corrected chi connectivity index (χ0v) is 11.0. The topological polar surface area (TPSA) is 57.6 Å². The van der Waals surface area contributed by atoms with Crippen molar-refractivity contribution in [3.63, 3.8) is 0 Å². The molecule has 0 spiro atoms. The molecule has 0 radical (unpaired) electrons. The van der Waals surface area contributed by atoms with Gasteiger partial charge in [0, 0.05) is 11.4 Å². The summed E-state index contributed by atoms with van der Waals surface area (Å²) in [6.45, 7) is 3.32. The molecule has 0 fully saturated rings. The van der Waals surface area contributed by atoms with Gasteiger partial charge < -0.3 is 10.0 Å². The van der Waals surface area contributed by atoms with Gasteiger partial charge in [-0.05, 0) is 24.3 Å². The average molecular weight is 283 g/mol. The monoisotopic (exact) mass is 283 g/mol.